The minimum atomic E-state index is -0.322. The smallest absolute Gasteiger partial charge is 0.139 e. The second-order valence-electron chi connectivity index (χ2n) is 4.73. The Morgan fingerprint density at radius 3 is 3.06 bits per heavy atom. The lowest BCUT2D eigenvalue weighted by Gasteiger charge is -2.33. The summed E-state index contributed by atoms with van der Waals surface area (Å²) in [5.41, 5.74) is 7.11. The molecule has 1 unspecified atom stereocenters. The Morgan fingerprint density at radius 1 is 1.56 bits per heavy atom. The van der Waals surface area contributed by atoms with Crippen LogP contribution in [0.5, 0.6) is 0 Å². The lowest BCUT2D eigenvalue weighted by atomic mass is 10.1. The third kappa shape index (κ3) is 3.14. The molecule has 1 heterocycles. The molecule has 1 saturated heterocycles. The van der Waals surface area contributed by atoms with Gasteiger partial charge < -0.3 is 16.0 Å². The Labute approximate surface area is 116 Å². The number of benzene rings is 1. The fourth-order valence-corrected chi connectivity index (χ4v) is 2.71. The van der Waals surface area contributed by atoms with Crippen molar-refractivity contribution in [2.24, 2.45) is 0 Å². The van der Waals surface area contributed by atoms with E-state index in [9.17, 15) is 4.39 Å². The van der Waals surface area contributed by atoms with Gasteiger partial charge in [-0.2, -0.15) is 0 Å². The standard InChI is InChI=1S/C13H19BrFN3/c1-2-18-5-3-4-9(8-18)17-13-6-10(14)11(15)7-12(13)16/h6-7,9,17H,2-5,8,16H2,1H3. The van der Waals surface area contributed by atoms with E-state index in [1.54, 1.807) is 6.07 Å². The number of rotatable bonds is 3. The molecule has 0 saturated carbocycles. The Morgan fingerprint density at radius 2 is 2.33 bits per heavy atom. The summed E-state index contributed by atoms with van der Waals surface area (Å²) >= 11 is 3.19. The van der Waals surface area contributed by atoms with Crippen molar-refractivity contribution in [3.8, 4) is 0 Å². The second-order valence-corrected chi connectivity index (χ2v) is 5.58. The first-order valence-electron chi connectivity index (χ1n) is 6.33. The first-order chi connectivity index (χ1) is 8.60. The van der Waals surface area contributed by atoms with E-state index in [4.69, 9.17) is 5.73 Å². The summed E-state index contributed by atoms with van der Waals surface area (Å²) in [6.07, 6.45) is 2.32. The molecule has 1 aromatic carbocycles. The lowest BCUT2D eigenvalue weighted by molar-refractivity contribution is 0.227. The molecule has 5 heteroatoms. The van der Waals surface area contributed by atoms with Crippen LogP contribution >= 0.6 is 15.9 Å². The molecule has 1 aliphatic heterocycles. The van der Waals surface area contributed by atoms with Crippen molar-refractivity contribution in [1.82, 2.24) is 4.90 Å². The molecule has 2 rings (SSSR count). The third-order valence-corrected chi connectivity index (χ3v) is 4.01. The number of nitrogen functional groups attached to an aromatic ring is 1. The van der Waals surface area contributed by atoms with Crippen LogP contribution in [-0.4, -0.2) is 30.6 Å². The molecule has 1 atom stereocenters. The molecule has 3 N–H and O–H groups in total. The van der Waals surface area contributed by atoms with Gasteiger partial charge in [0.2, 0.25) is 0 Å². The summed E-state index contributed by atoms with van der Waals surface area (Å²) in [6, 6.07) is 3.46. The Kier molecular flexibility index (Phi) is 4.45. The van der Waals surface area contributed by atoms with Gasteiger partial charge in [-0.3, -0.25) is 0 Å². The van der Waals surface area contributed by atoms with Crippen LogP contribution in [0, 0.1) is 5.82 Å². The molecular weight excluding hydrogens is 297 g/mol. The van der Waals surface area contributed by atoms with Gasteiger partial charge in [0.15, 0.2) is 0 Å². The van der Waals surface area contributed by atoms with Crippen LogP contribution in [0.3, 0.4) is 0 Å². The number of halogens is 2. The van der Waals surface area contributed by atoms with Crippen LogP contribution in [-0.2, 0) is 0 Å². The van der Waals surface area contributed by atoms with Crippen LogP contribution in [0.25, 0.3) is 0 Å². The average molecular weight is 316 g/mol. The summed E-state index contributed by atoms with van der Waals surface area (Å²) in [7, 11) is 0. The zero-order valence-corrected chi connectivity index (χ0v) is 12.1. The predicted molar refractivity (Wildman–Crippen MR) is 77.3 cm³/mol. The number of hydrogen-bond donors (Lipinski definition) is 2. The normalized spacial score (nSPS) is 20.9. The van der Waals surface area contributed by atoms with Gasteiger partial charge in [-0.25, -0.2) is 4.39 Å². The van der Waals surface area contributed by atoms with Crippen molar-refractivity contribution in [3.63, 3.8) is 0 Å². The molecule has 0 radical (unpaired) electrons. The maximum Gasteiger partial charge on any atom is 0.139 e. The van der Waals surface area contributed by atoms with Crippen molar-refractivity contribution in [3.05, 3.63) is 22.4 Å². The summed E-state index contributed by atoms with van der Waals surface area (Å²) in [5, 5.41) is 3.42. The van der Waals surface area contributed by atoms with Gasteiger partial charge in [0.25, 0.3) is 0 Å². The first kappa shape index (κ1) is 13.6. The highest BCUT2D eigenvalue weighted by atomic mass is 79.9. The highest BCUT2D eigenvalue weighted by molar-refractivity contribution is 9.10. The summed E-state index contributed by atoms with van der Waals surface area (Å²) in [6.45, 7) is 5.42. The van der Waals surface area contributed by atoms with Crippen LogP contribution in [0.15, 0.2) is 16.6 Å². The largest absolute Gasteiger partial charge is 0.397 e. The predicted octanol–water partition coefficient (Wildman–Crippen LogP) is 3.07. The molecule has 1 fully saturated rings. The van der Waals surface area contributed by atoms with Crippen LogP contribution in [0.4, 0.5) is 15.8 Å². The van der Waals surface area contributed by atoms with Gasteiger partial charge in [-0.05, 0) is 47.9 Å². The van der Waals surface area contributed by atoms with E-state index in [2.05, 4.69) is 33.1 Å². The number of likely N-dealkylation sites (N-methyl/N-ethyl adjacent to an activating group) is 1. The van der Waals surface area contributed by atoms with E-state index in [1.165, 1.54) is 12.5 Å². The van der Waals surface area contributed by atoms with E-state index >= 15 is 0 Å². The van der Waals surface area contributed by atoms with Crippen LogP contribution in [0.2, 0.25) is 0 Å². The fourth-order valence-electron chi connectivity index (χ4n) is 2.37. The minimum Gasteiger partial charge on any atom is -0.397 e. The van der Waals surface area contributed by atoms with E-state index in [-0.39, 0.29) is 5.82 Å². The first-order valence-corrected chi connectivity index (χ1v) is 7.13. The van der Waals surface area contributed by atoms with Crippen molar-refractivity contribution in [2.75, 3.05) is 30.7 Å². The zero-order valence-electron chi connectivity index (χ0n) is 10.5. The number of nitrogens with one attached hydrogen (secondary N) is 1. The number of likely N-dealkylation sites (tertiary alicyclic amines) is 1. The van der Waals surface area contributed by atoms with E-state index in [0.717, 1.165) is 31.7 Å². The fraction of sp³-hybridized carbons (Fsp3) is 0.538. The van der Waals surface area contributed by atoms with Crippen molar-refractivity contribution >= 4 is 27.3 Å². The Bertz CT molecular complexity index is 425. The minimum absolute atomic E-state index is 0.322. The zero-order chi connectivity index (χ0) is 13.1. The molecule has 100 valence electrons. The maximum absolute atomic E-state index is 13.3. The van der Waals surface area contributed by atoms with E-state index in [0.29, 0.717) is 16.2 Å². The van der Waals surface area contributed by atoms with Crippen LogP contribution < -0.4 is 11.1 Å². The Hall–Kier alpha value is -0.810. The maximum atomic E-state index is 13.3. The molecule has 1 aliphatic rings. The summed E-state index contributed by atoms with van der Waals surface area (Å²) in [4.78, 5) is 2.41. The molecule has 0 aromatic heterocycles. The van der Waals surface area contributed by atoms with E-state index < -0.39 is 0 Å². The number of anilines is 2. The molecule has 1 aromatic rings. The summed E-state index contributed by atoms with van der Waals surface area (Å²) < 4.78 is 13.7. The molecule has 3 nitrogen and oxygen atoms in total. The van der Waals surface area contributed by atoms with Gasteiger partial charge in [-0.15, -0.1) is 0 Å². The molecular formula is C13H19BrFN3. The second kappa shape index (κ2) is 5.89. The monoisotopic (exact) mass is 315 g/mol. The van der Waals surface area contributed by atoms with Gasteiger partial charge >= 0.3 is 0 Å². The van der Waals surface area contributed by atoms with Gasteiger partial charge in [0, 0.05) is 18.7 Å². The molecule has 0 bridgehead atoms. The molecule has 18 heavy (non-hydrogen) atoms. The molecule has 0 amide bonds. The van der Waals surface area contributed by atoms with Gasteiger partial charge in [-0.1, -0.05) is 6.92 Å². The van der Waals surface area contributed by atoms with Crippen molar-refractivity contribution in [2.45, 2.75) is 25.8 Å². The number of nitrogens with zero attached hydrogens (tertiary/aromatic N) is 1. The number of hydrogen-bond acceptors (Lipinski definition) is 3. The third-order valence-electron chi connectivity index (χ3n) is 3.40. The SMILES string of the molecule is CCN1CCCC(Nc2cc(Br)c(F)cc2N)C1. The van der Waals surface area contributed by atoms with Crippen molar-refractivity contribution in [1.29, 1.82) is 0 Å². The number of nitrogens with two attached hydrogens (primary N) is 1. The quantitative estimate of drug-likeness (QED) is 0.842. The van der Waals surface area contributed by atoms with Crippen LogP contribution in [0.1, 0.15) is 19.8 Å². The van der Waals surface area contributed by atoms with Crippen molar-refractivity contribution < 1.29 is 4.39 Å². The van der Waals surface area contributed by atoms with Gasteiger partial charge in [0.1, 0.15) is 5.82 Å². The average Bonchev–Trinajstić information content (AvgIpc) is 2.36. The molecule has 0 aliphatic carbocycles. The Balaban J connectivity index is 2.07. The highest BCUT2D eigenvalue weighted by Gasteiger charge is 2.19. The van der Waals surface area contributed by atoms with E-state index in [1.807, 2.05) is 0 Å². The van der Waals surface area contributed by atoms with Gasteiger partial charge in [0.05, 0.1) is 15.8 Å². The topological polar surface area (TPSA) is 41.3 Å². The molecule has 0 spiro atoms. The lowest BCUT2D eigenvalue weighted by Crippen LogP contribution is -2.41. The highest BCUT2D eigenvalue weighted by Crippen LogP contribution is 2.28. The summed E-state index contributed by atoms with van der Waals surface area (Å²) in [5.74, 6) is -0.322. The number of piperidine rings is 1.